The number of benzene rings is 1. The smallest absolute Gasteiger partial charge is 0.155 e. The number of nitrogens with zero attached hydrogens (tertiary/aromatic N) is 3. The van der Waals surface area contributed by atoms with E-state index in [2.05, 4.69) is 15.2 Å². The molecule has 0 atom stereocenters. The van der Waals surface area contributed by atoms with Crippen molar-refractivity contribution in [2.24, 2.45) is 10.2 Å². The Morgan fingerprint density at radius 3 is 2.41 bits per heavy atom. The third kappa shape index (κ3) is 2.70. The predicted octanol–water partition coefficient (Wildman–Crippen LogP) is 3.31. The second-order valence-corrected chi connectivity index (χ2v) is 3.71. The van der Waals surface area contributed by atoms with Crippen molar-refractivity contribution in [1.29, 1.82) is 0 Å². The van der Waals surface area contributed by atoms with Gasteiger partial charge in [-0.3, -0.25) is 0 Å². The summed E-state index contributed by atoms with van der Waals surface area (Å²) in [6, 6.07) is 10.7. The molecule has 2 aromatic rings. The molecule has 0 saturated heterocycles. The molecule has 0 unspecified atom stereocenters. The summed E-state index contributed by atoms with van der Waals surface area (Å²) < 4.78 is 0. The van der Waals surface area contributed by atoms with Crippen LogP contribution in [0.2, 0.25) is 5.02 Å². The number of pyridine rings is 1. The number of hydrogen-bond donors (Lipinski definition) is 2. The molecule has 17 heavy (non-hydrogen) atoms. The fraction of sp³-hybridized carbons (Fsp3) is 0. The lowest BCUT2D eigenvalue weighted by Gasteiger charge is -2.02. The van der Waals surface area contributed by atoms with E-state index in [-0.39, 0.29) is 11.6 Å². The molecule has 1 heterocycles. The quantitative estimate of drug-likeness (QED) is 0.798. The largest absolute Gasteiger partial charge is 0.384 e. The molecular weight excluding hydrogens is 238 g/mol. The predicted molar refractivity (Wildman–Crippen MR) is 68.7 cm³/mol. The highest BCUT2D eigenvalue weighted by Crippen LogP contribution is 2.32. The standard InChI is InChI=1S/C11H10ClN5/c12-8-6-9(13)15-11(14)10(8)17-16-7-4-2-1-3-5-7/h1-6H,(H4,13,14,15)/b17-16+. The Kier molecular flexibility index (Phi) is 3.20. The molecule has 0 aliphatic heterocycles. The Bertz CT molecular complexity index is 530. The fourth-order valence-electron chi connectivity index (χ4n) is 1.25. The van der Waals surface area contributed by atoms with Gasteiger partial charge < -0.3 is 11.5 Å². The normalized spacial score (nSPS) is 10.9. The Balaban J connectivity index is 2.34. The number of nitrogen functional groups attached to an aromatic ring is 2. The minimum atomic E-state index is 0.162. The Hall–Kier alpha value is -2.14. The molecular formula is C11H10ClN5. The number of halogens is 1. The monoisotopic (exact) mass is 247 g/mol. The third-order valence-corrected chi connectivity index (χ3v) is 2.30. The van der Waals surface area contributed by atoms with Crippen molar-refractivity contribution in [1.82, 2.24) is 4.98 Å². The topological polar surface area (TPSA) is 89.6 Å². The van der Waals surface area contributed by atoms with E-state index < -0.39 is 0 Å². The lowest BCUT2D eigenvalue weighted by atomic mass is 10.3. The van der Waals surface area contributed by atoms with Gasteiger partial charge in [-0.1, -0.05) is 29.8 Å². The summed E-state index contributed by atoms with van der Waals surface area (Å²) >= 11 is 5.95. The average molecular weight is 248 g/mol. The molecule has 0 saturated carbocycles. The molecule has 6 heteroatoms. The van der Waals surface area contributed by atoms with Gasteiger partial charge in [-0.15, -0.1) is 5.11 Å². The van der Waals surface area contributed by atoms with Gasteiger partial charge >= 0.3 is 0 Å². The van der Waals surface area contributed by atoms with Crippen LogP contribution >= 0.6 is 11.6 Å². The zero-order valence-corrected chi connectivity index (χ0v) is 9.59. The number of nitrogens with two attached hydrogens (primary N) is 2. The molecule has 5 nitrogen and oxygen atoms in total. The fourth-order valence-corrected chi connectivity index (χ4v) is 1.49. The van der Waals surface area contributed by atoms with E-state index >= 15 is 0 Å². The maximum Gasteiger partial charge on any atom is 0.155 e. The van der Waals surface area contributed by atoms with Crippen LogP contribution in [0.15, 0.2) is 46.6 Å². The van der Waals surface area contributed by atoms with Crippen molar-refractivity contribution in [2.75, 3.05) is 11.5 Å². The third-order valence-electron chi connectivity index (χ3n) is 2.01. The van der Waals surface area contributed by atoms with E-state index in [9.17, 15) is 0 Å². The van der Waals surface area contributed by atoms with Crippen LogP contribution in [0.4, 0.5) is 23.0 Å². The van der Waals surface area contributed by atoms with Crippen molar-refractivity contribution in [3.05, 3.63) is 41.4 Å². The lowest BCUT2D eigenvalue weighted by Crippen LogP contribution is -1.96. The summed E-state index contributed by atoms with van der Waals surface area (Å²) in [7, 11) is 0. The van der Waals surface area contributed by atoms with Gasteiger partial charge in [0.05, 0.1) is 10.7 Å². The lowest BCUT2D eigenvalue weighted by molar-refractivity contribution is 1.21. The summed E-state index contributed by atoms with van der Waals surface area (Å²) in [6.45, 7) is 0. The first-order chi connectivity index (χ1) is 8.16. The molecule has 0 spiro atoms. The summed E-state index contributed by atoms with van der Waals surface area (Å²) in [5.74, 6) is 0.417. The van der Waals surface area contributed by atoms with E-state index in [1.165, 1.54) is 6.07 Å². The first-order valence-electron chi connectivity index (χ1n) is 4.85. The highest BCUT2D eigenvalue weighted by molar-refractivity contribution is 6.33. The van der Waals surface area contributed by atoms with Crippen LogP contribution < -0.4 is 11.5 Å². The Morgan fingerprint density at radius 1 is 1.06 bits per heavy atom. The van der Waals surface area contributed by atoms with Crippen LogP contribution in [0.1, 0.15) is 0 Å². The van der Waals surface area contributed by atoms with Gasteiger partial charge in [0.2, 0.25) is 0 Å². The van der Waals surface area contributed by atoms with E-state index in [0.29, 0.717) is 16.4 Å². The number of hydrogen-bond acceptors (Lipinski definition) is 5. The average Bonchev–Trinajstić information content (AvgIpc) is 2.29. The Morgan fingerprint density at radius 2 is 1.76 bits per heavy atom. The van der Waals surface area contributed by atoms with Gasteiger partial charge in [-0.05, 0) is 12.1 Å². The van der Waals surface area contributed by atoms with Crippen LogP contribution in [0.5, 0.6) is 0 Å². The molecule has 0 amide bonds. The van der Waals surface area contributed by atoms with Crippen molar-refractivity contribution in [3.8, 4) is 0 Å². The molecule has 0 fully saturated rings. The van der Waals surface area contributed by atoms with Crippen molar-refractivity contribution >= 4 is 34.6 Å². The van der Waals surface area contributed by atoms with Gasteiger partial charge in [0.1, 0.15) is 11.5 Å². The van der Waals surface area contributed by atoms with E-state index in [0.717, 1.165) is 0 Å². The molecule has 0 radical (unpaired) electrons. The summed E-state index contributed by atoms with van der Waals surface area (Å²) in [5, 5.41) is 8.30. The van der Waals surface area contributed by atoms with Crippen molar-refractivity contribution < 1.29 is 0 Å². The first-order valence-corrected chi connectivity index (χ1v) is 5.23. The van der Waals surface area contributed by atoms with E-state index in [4.69, 9.17) is 23.1 Å². The highest BCUT2D eigenvalue weighted by atomic mass is 35.5. The van der Waals surface area contributed by atoms with Gasteiger partial charge in [0.15, 0.2) is 5.82 Å². The van der Waals surface area contributed by atoms with Crippen LogP contribution in [0.25, 0.3) is 0 Å². The second kappa shape index (κ2) is 4.80. The van der Waals surface area contributed by atoms with Gasteiger partial charge in [0.25, 0.3) is 0 Å². The minimum absolute atomic E-state index is 0.162. The zero-order chi connectivity index (χ0) is 12.3. The molecule has 0 aliphatic rings. The number of azo groups is 1. The molecule has 0 bridgehead atoms. The first kappa shape index (κ1) is 11.3. The highest BCUT2D eigenvalue weighted by Gasteiger charge is 2.06. The van der Waals surface area contributed by atoms with Gasteiger partial charge in [0, 0.05) is 6.07 Å². The van der Waals surface area contributed by atoms with Crippen LogP contribution in [-0.2, 0) is 0 Å². The zero-order valence-electron chi connectivity index (χ0n) is 8.84. The number of aromatic nitrogens is 1. The molecule has 86 valence electrons. The minimum Gasteiger partial charge on any atom is -0.384 e. The molecule has 4 N–H and O–H groups in total. The summed E-state index contributed by atoms with van der Waals surface area (Å²) in [5.41, 5.74) is 12.2. The molecule has 0 aliphatic carbocycles. The van der Waals surface area contributed by atoms with Crippen LogP contribution in [0, 0.1) is 0 Å². The second-order valence-electron chi connectivity index (χ2n) is 3.30. The maximum absolute atomic E-state index is 5.95. The van der Waals surface area contributed by atoms with Crippen molar-refractivity contribution in [3.63, 3.8) is 0 Å². The number of rotatable bonds is 2. The molecule has 1 aromatic carbocycles. The number of anilines is 2. The van der Waals surface area contributed by atoms with E-state index in [1.54, 1.807) is 0 Å². The van der Waals surface area contributed by atoms with E-state index in [1.807, 2.05) is 30.3 Å². The Labute approximate surface area is 103 Å². The van der Waals surface area contributed by atoms with Crippen molar-refractivity contribution in [2.45, 2.75) is 0 Å². The van der Waals surface area contributed by atoms with Gasteiger partial charge in [-0.25, -0.2) is 4.98 Å². The molecule has 2 rings (SSSR count). The summed E-state index contributed by atoms with van der Waals surface area (Å²) in [6.07, 6.45) is 0. The molecule has 1 aromatic heterocycles. The van der Waals surface area contributed by atoms with Gasteiger partial charge in [-0.2, -0.15) is 5.11 Å². The van der Waals surface area contributed by atoms with Crippen LogP contribution in [0.3, 0.4) is 0 Å². The van der Waals surface area contributed by atoms with Crippen LogP contribution in [-0.4, -0.2) is 4.98 Å². The SMILES string of the molecule is Nc1cc(Cl)c(/N=N/c2ccccc2)c(N)n1. The summed E-state index contributed by atoms with van der Waals surface area (Å²) in [4.78, 5) is 3.86. The maximum atomic E-state index is 5.95.